The SMILES string of the molecule is CC(C)(C)c1ccnc(-n2c3ccccc3c3ccc(Oc4cc(-c5ccccc5)cc(N5C=CN(c6ccc(C(C)(C)c7ccccc7)cc6)C5)c4)cc32)c1. The molecule has 276 valence electrons. The summed E-state index contributed by atoms with van der Waals surface area (Å²) >= 11 is 0. The van der Waals surface area contributed by atoms with Crippen LogP contribution in [0.15, 0.2) is 176 Å². The molecule has 0 unspecified atom stereocenters. The third kappa shape index (κ3) is 6.60. The summed E-state index contributed by atoms with van der Waals surface area (Å²) < 4.78 is 9.07. The molecule has 9 rings (SSSR count). The van der Waals surface area contributed by atoms with E-state index in [2.05, 4.69) is 219 Å². The van der Waals surface area contributed by atoms with Crippen molar-refractivity contribution in [1.29, 1.82) is 0 Å². The first-order valence-corrected chi connectivity index (χ1v) is 19.4. The van der Waals surface area contributed by atoms with Crippen molar-refractivity contribution in [2.75, 3.05) is 16.5 Å². The number of para-hydroxylation sites is 1. The number of hydrogen-bond acceptors (Lipinski definition) is 4. The Kier molecular flexibility index (Phi) is 8.73. The molecule has 0 atom stereocenters. The molecule has 0 radical (unpaired) electrons. The summed E-state index contributed by atoms with van der Waals surface area (Å²) in [7, 11) is 0. The Morgan fingerprint density at radius 2 is 1.16 bits per heavy atom. The summed E-state index contributed by atoms with van der Waals surface area (Å²) in [6, 6.07) is 56.0. The van der Waals surface area contributed by atoms with Gasteiger partial charge >= 0.3 is 0 Å². The molecule has 56 heavy (non-hydrogen) atoms. The van der Waals surface area contributed by atoms with Gasteiger partial charge in [0.1, 0.15) is 17.3 Å². The highest BCUT2D eigenvalue weighted by Gasteiger charge is 2.24. The first kappa shape index (κ1) is 35.1. The fourth-order valence-electron chi connectivity index (χ4n) is 7.86. The number of benzene rings is 6. The molecule has 1 aliphatic rings. The number of hydrogen-bond donors (Lipinski definition) is 0. The van der Waals surface area contributed by atoms with Gasteiger partial charge in [-0.3, -0.25) is 4.57 Å². The Hall–Kier alpha value is -6.59. The van der Waals surface area contributed by atoms with E-state index in [1.807, 2.05) is 6.20 Å². The summed E-state index contributed by atoms with van der Waals surface area (Å²) in [6.45, 7) is 12.0. The summed E-state index contributed by atoms with van der Waals surface area (Å²) in [5, 5.41) is 2.35. The van der Waals surface area contributed by atoms with Gasteiger partial charge in [-0.1, -0.05) is 126 Å². The average Bonchev–Trinajstić information content (AvgIpc) is 3.85. The van der Waals surface area contributed by atoms with Gasteiger partial charge in [0.2, 0.25) is 0 Å². The Morgan fingerprint density at radius 3 is 1.91 bits per heavy atom. The van der Waals surface area contributed by atoms with Gasteiger partial charge in [0.15, 0.2) is 0 Å². The Balaban J connectivity index is 1.04. The molecule has 5 nitrogen and oxygen atoms in total. The predicted octanol–water partition coefficient (Wildman–Crippen LogP) is 13.0. The van der Waals surface area contributed by atoms with E-state index in [1.54, 1.807) is 0 Å². The number of rotatable bonds is 8. The maximum Gasteiger partial charge on any atom is 0.137 e. The van der Waals surface area contributed by atoms with E-state index in [0.29, 0.717) is 6.67 Å². The van der Waals surface area contributed by atoms with E-state index >= 15 is 0 Å². The van der Waals surface area contributed by atoms with Gasteiger partial charge in [-0.05, 0) is 87.8 Å². The molecule has 1 aliphatic heterocycles. The lowest BCUT2D eigenvalue weighted by atomic mass is 9.78. The van der Waals surface area contributed by atoms with Gasteiger partial charge in [-0.2, -0.15) is 0 Å². The second-order valence-corrected chi connectivity index (χ2v) is 16.3. The quantitative estimate of drug-likeness (QED) is 0.156. The van der Waals surface area contributed by atoms with Crippen molar-refractivity contribution >= 4 is 33.2 Å². The molecule has 2 aromatic heterocycles. The maximum absolute atomic E-state index is 6.81. The number of aromatic nitrogens is 2. The number of fused-ring (bicyclic) bond motifs is 3. The van der Waals surface area contributed by atoms with Crippen molar-refractivity contribution in [2.45, 2.75) is 45.4 Å². The van der Waals surface area contributed by atoms with Crippen LogP contribution in [-0.2, 0) is 10.8 Å². The molecule has 0 saturated carbocycles. The van der Waals surface area contributed by atoms with E-state index in [0.717, 1.165) is 56.2 Å². The van der Waals surface area contributed by atoms with Crippen LogP contribution < -0.4 is 14.5 Å². The van der Waals surface area contributed by atoms with Crippen LogP contribution in [0.1, 0.15) is 51.3 Å². The molecule has 8 aromatic rings. The topological polar surface area (TPSA) is 33.5 Å². The van der Waals surface area contributed by atoms with E-state index in [-0.39, 0.29) is 10.8 Å². The number of ether oxygens (including phenoxy) is 1. The fraction of sp³-hybridized carbons (Fsp3) is 0.157. The van der Waals surface area contributed by atoms with Crippen LogP contribution in [0, 0.1) is 0 Å². The molecule has 0 N–H and O–H groups in total. The molecule has 0 amide bonds. The minimum absolute atomic E-state index is 0.00187. The van der Waals surface area contributed by atoms with Crippen LogP contribution in [0.5, 0.6) is 11.5 Å². The molecule has 0 aliphatic carbocycles. The van der Waals surface area contributed by atoms with Crippen LogP contribution in [-0.4, -0.2) is 16.2 Å². The first-order chi connectivity index (χ1) is 27.1. The normalized spacial score (nSPS) is 13.2. The zero-order chi connectivity index (χ0) is 38.4. The van der Waals surface area contributed by atoms with Crippen molar-refractivity contribution in [1.82, 2.24) is 9.55 Å². The molecule has 0 fully saturated rings. The zero-order valence-electron chi connectivity index (χ0n) is 32.6. The zero-order valence-corrected chi connectivity index (χ0v) is 32.6. The Bertz CT molecular complexity index is 2700. The highest BCUT2D eigenvalue weighted by atomic mass is 16.5. The Labute approximate surface area is 329 Å². The predicted molar refractivity (Wildman–Crippen MR) is 233 cm³/mol. The summed E-state index contributed by atoms with van der Waals surface area (Å²) in [5.41, 5.74) is 10.4. The Morgan fingerprint density at radius 1 is 0.500 bits per heavy atom. The second-order valence-electron chi connectivity index (χ2n) is 16.3. The van der Waals surface area contributed by atoms with Crippen LogP contribution in [0.4, 0.5) is 11.4 Å². The third-order valence-electron chi connectivity index (χ3n) is 11.2. The van der Waals surface area contributed by atoms with E-state index in [9.17, 15) is 0 Å². The number of pyridine rings is 1. The van der Waals surface area contributed by atoms with Crippen LogP contribution in [0.25, 0.3) is 38.8 Å². The lowest BCUT2D eigenvalue weighted by molar-refractivity contribution is 0.483. The van der Waals surface area contributed by atoms with Gasteiger partial charge in [0, 0.05) is 58.3 Å². The largest absolute Gasteiger partial charge is 0.457 e. The van der Waals surface area contributed by atoms with Crippen molar-refractivity contribution in [3.05, 3.63) is 193 Å². The summed E-state index contributed by atoms with van der Waals surface area (Å²) in [4.78, 5) is 9.43. The monoisotopic (exact) mass is 730 g/mol. The standard InChI is InChI=1S/C51H46N4O/c1-50(2,3)40-26-27-52-49(32-40)55-47-19-13-12-18-45(47)46-25-24-43(34-48(46)55)56-44-31-37(36-14-8-6-9-15-36)30-42(33-44)54-29-28-53(35-54)41-22-20-39(21-23-41)51(4,5)38-16-10-7-11-17-38/h6-34H,35H2,1-5H3. The van der Waals surface area contributed by atoms with Crippen molar-refractivity contribution in [3.8, 4) is 28.4 Å². The molecular weight excluding hydrogens is 685 g/mol. The van der Waals surface area contributed by atoms with Crippen LogP contribution in [0.2, 0.25) is 0 Å². The second kappa shape index (κ2) is 13.9. The van der Waals surface area contributed by atoms with Gasteiger partial charge in [0.05, 0.1) is 17.7 Å². The lowest BCUT2D eigenvalue weighted by Crippen LogP contribution is -2.25. The van der Waals surface area contributed by atoms with E-state index in [1.165, 1.54) is 22.1 Å². The summed E-state index contributed by atoms with van der Waals surface area (Å²) in [5.74, 6) is 2.44. The molecule has 3 heterocycles. The van der Waals surface area contributed by atoms with Crippen LogP contribution >= 0.6 is 0 Å². The maximum atomic E-state index is 6.81. The third-order valence-corrected chi connectivity index (χ3v) is 11.2. The minimum Gasteiger partial charge on any atom is -0.457 e. The molecular formula is C51H46N4O. The highest BCUT2D eigenvalue weighted by Crippen LogP contribution is 2.39. The lowest BCUT2D eigenvalue weighted by Gasteiger charge is -2.27. The number of nitrogens with zero attached hydrogens (tertiary/aromatic N) is 4. The van der Waals surface area contributed by atoms with Gasteiger partial charge in [0.25, 0.3) is 0 Å². The molecule has 0 bridgehead atoms. The highest BCUT2D eigenvalue weighted by molar-refractivity contribution is 6.09. The summed E-state index contributed by atoms with van der Waals surface area (Å²) in [6.07, 6.45) is 6.23. The van der Waals surface area contributed by atoms with Gasteiger partial charge in [-0.15, -0.1) is 0 Å². The van der Waals surface area contributed by atoms with Gasteiger partial charge in [-0.25, -0.2) is 4.98 Å². The first-order valence-electron chi connectivity index (χ1n) is 19.4. The average molecular weight is 731 g/mol. The molecule has 6 aromatic carbocycles. The smallest absolute Gasteiger partial charge is 0.137 e. The van der Waals surface area contributed by atoms with E-state index < -0.39 is 0 Å². The molecule has 5 heteroatoms. The molecule has 0 saturated heterocycles. The van der Waals surface area contributed by atoms with E-state index in [4.69, 9.17) is 9.72 Å². The van der Waals surface area contributed by atoms with Crippen molar-refractivity contribution < 1.29 is 4.74 Å². The minimum atomic E-state index is -0.0870. The fourth-order valence-corrected chi connectivity index (χ4v) is 7.86. The van der Waals surface area contributed by atoms with Crippen molar-refractivity contribution in [3.63, 3.8) is 0 Å². The molecule has 0 spiro atoms. The van der Waals surface area contributed by atoms with Crippen LogP contribution in [0.3, 0.4) is 0 Å². The van der Waals surface area contributed by atoms with Crippen molar-refractivity contribution in [2.24, 2.45) is 0 Å². The number of anilines is 2. The van der Waals surface area contributed by atoms with Gasteiger partial charge < -0.3 is 14.5 Å².